The molecule has 0 aliphatic heterocycles. The number of hydrogen-bond donors (Lipinski definition) is 3. The number of nitrogens with zero attached hydrogens (tertiary/aromatic N) is 3. The monoisotopic (exact) mass is 358 g/mol. The summed E-state index contributed by atoms with van der Waals surface area (Å²) in [6.45, 7) is 0. The van der Waals surface area contributed by atoms with Crippen molar-refractivity contribution in [2.24, 2.45) is 12.2 Å². The normalized spacial score (nSPS) is 14.6. The fourth-order valence-electron chi connectivity index (χ4n) is 2.63. The molecule has 1 aliphatic carbocycles. The van der Waals surface area contributed by atoms with Gasteiger partial charge in [-0.1, -0.05) is 0 Å². The molecule has 1 aromatic carbocycles. The third-order valence-electron chi connectivity index (χ3n) is 4.08. The standard InChI is InChI=1S/C16H18N6O2S/c1-22-9-8-13-14(22)15(18-10-2-3-10)21-16(20-13)19-11-4-6-12(7-5-11)25(17,23)24/h4-10H,2-3H2,1H3,(H2,17,23,24)(H2,18,19,20,21). The van der Waals surface area contributed by atoms with Crippen LogP contribution in [0, 0.1) is 0 Å². The smallest absolute Gasteiger partial charge is 0.238 e. The van der Waals surface area contributed by atoms with Gasteiger partial charge < -0.3 is 15.2 Å². The summed E-state index contributed by atoms with van der Waals surface area (Å²) < 4.78 is 24.6. The molecule has 2 heterocycles. The Bertz CT molecular complexity index is 1040. The Hall–Kier alpha value is -2.65. The van der Waals surface area contributed by atoms with E-state index in [9.17, 15) is 8.42 Å². The van der Waals surface area contributed by atoms with Gasteiger partial charge in [-0.15, -0.1) is 0 Å². The molecular weight excluding hydrogens is 340 g/mol. The van der Waals surface area contributed by atoms with E-state index in [1.165, 1.54) is 12.1 Å². The molecule has 0 radical (unpaired) electrons. The highest BCUT2D eigenvalue weighted by molar-refractivity contribution is 7.89. The van der Waals surface area contributed by atoms with Crippen molar-refractivity contribution in [3.63, 3.8) is 0 Å². The minimum absolute atomic E-state index is 0.0635. The maximum absolute atomic E-state index is 11.3. The van der Waals surface area contributed by atoms with E-state index in [0.29, 0.717) is 17.7 Å². The molecule has 0 amide bonds. The number of sulfonamides is 1. The summed E-state index contributed by atoms with van der Waals surface area (Å²) in [5.41, 5.74) is 2.48. The summed E-state index contributed by atoms with van der Waals surface area (Å²) in [4.78, 5) is 9.17. The summed E-state index contributed by atoms with van der Waals surface area (Å²) in [5.74, 6) is 1.24. The lowest BCUT2D eigenvalue weighted by Crippen LogP contribution is -2.12. The maximum Gasteiger partial charge on any atom is 0.238 e. The van der Waals surface area contributed by atoms with Crippen LogP contribution in [-0.4, -0.2) is 29.0 Å². The van der Waals surface area contributed by atoms with E-state index < -0.39 is 10.0 Å². The topological polar surface area (TPSA) is 115 Å². The molecule has 130 valence electrons. The Morgan fingerprint density at radius 3 is 2.52 bits per heavy atom. The lowest BCUT2D eigenvalue weighted by atomic mass is 10.3. The van der Waals surface area contributed by atoms with Gasteiger partial charge in [-0.3, -0.25) is 0 Å². The summed E-state index contributed by atoms with van der Waals surface area (Å²) in [5, 5.41) is 11.7. The van der Waals surface area contributed by atoms with Crippen molar-refractivity contribution in [1.82, 2.24) is 14.5 Å². The molecule has 0 saturated heterocycles. The Labute approximate surface area is 145 Å². The highest BCUT2D eigenvalue weighted by Gasteiger charge is 2.23. The molecule has 3 aromatic rings. The SMILES string of the molecule is Cn1ccc2nc(Nc3ccc(S(N)(=O)=O)cc3)nc(NC3CC3)c21. The minimum Gasteiger partial charge on any atom is -0.365 e. The van der Waals surface area contributed by atoms with Gasteiger partial charge in [-0.25, -0.2) is 18.5 Å². The van der Waals surface area contributed by atoms with Crippen LogP contribution in [0.15, 0.2) is 41.4 Å². The molecule has 25 heavy (non-hydrogen) atoms. The van der Waals surface area contributed by atoms with Gasteiger partial charge in [0, 0.05) is 25.0 Å². The average Bonchev–Trinajstić information content (AvgIpc) is 3.28. The van der Waals surface area contributed by atoms with Gasteiger partial charge in [-0.05, 0) is 43.2 Å². The number of benzene rings is 1. The van der Waals surface area contributed by atoms with E-state index in [1.807, 2.05) is 23.9 Å². The molecule has 0 atom stereocenters. The number of hydrogen-bond acceptors (Lipinski definition) is 6. The van der Waals surface area contributed by atoms with Crippen LogP contribution in [0.1, 0.15) is 12.8 Å². The van der Waals surface area contributed by atoms with E-state index in [-0.39, 0.29) is 4.90 Å². The van der Waals surface area contributed by atoms with Crippen LogP contribution in [0.3, 0.4) is 0 Å². The quantitative estimate of drug-likeness (QED) is 0.642. The van der Waals surface area contributed by atoms with Crippen LogP contribution < -0.4 is 15.8 Å². The van der Waals surface area contributed by atoms with E-state index in [1.54, 1.807) is 12.1 Å². The first-order chi connectivity index (χ1) is 11.9. The first kappa shape index (κ1) is 15.9. The predicted octanol–water partition coefficient (Wildman–Crippen LogP) is 1.93. The van der Waals surface area contributed by atoms with Crippen LogP contribution in [-0.2, 0) is 17.1 Å². The van der Waals surface area contributed by atoms with Crippen molar-refractivity contribution in [3.8, 4) is 0 Å². The van der Waals surface area contributed by atoms with Crippen LogP contribution in [0.25, 0.3) is 11.0 Å². The molecule has 1 fully saturated rings. The second-order valence-corrected chi connectivity index (χ2v) is 7.73. The Balaban J connectivity index is 1.67. The number of nitrogens with one attached hydrogen (secondary N) is 2. The van der Waals surface area contributed by atoms with Gasteiger partial charge >= 0.3 is 0 Å². The summed E-state index contributed by atoms with van der Waals surface area (Å²) in [7, 11) is -1.74. The van der Waals surface area contributed by atoms with E-state index in [4.69, 9.17) is 5.14 Å². The van der Waals surface area contributed by atoms with Crippen LogP contribution in [0.5, 0.6) is 0 Å². The Morgan fingerprint density at radius 2 is 1.88 bits per heavy atom. The molecule has 0 unspecified atom stereocenters. The third kappa shape index (κ3) is 3.28. The highest BCUT2D eigenvalue weighted by atomic mass is 32.2. The summed E-state index contributed by atoms with van der Waals surface area (Å²) >= 11 is 0. The second-order valence-electron chi connectivity index (χ2n) is 6.17. The van der Waals surface area contributed by atoms with Gasteiger partial charge in [0.2, 0.25) is 16.0 Å². The molecule has 4 N–H and O–H groups in total. The number of aromatic nitrogens is 3. The molecule has 4 rings (SSSR count). The average molecular weight is 358 g/mol. The minimum atomic E-state index is -3.70. The zero-order chi connectivity index (χ0) is 17.6. The summed E-state index contributed by atoms with van der Waals surface area (Å²) in [6.07, 6.45) is 4.24. The van der Waals surface area contributed by atoms with Crippen LogP contribution in [0.4, 0.5) is 17.5 Å². The lowest BCUT2D eigenvalue weighted by molar-refractivity contribution is 0.598. The van der Waals surface area contributed by atoms with Gasteiger partial charge in [-0.2, -0.15) is 4.98 Å². The Morgan fingerprint density at radius 1 is 1.16 bits per heavy atom. The first-order valence-corrected chi connectivity index (χ1v) is 9.44. The van der Waals surface area contributed by atoms with E-state index in [2.05, 4.69) is 20.6 Å². The number of anilines is 3. The predicted molar refractivity (Wildman–Crippen MR) is 96.3 cm³/mol. The van der Waals surface area contributed by atoms with Crippen molar-refractivity contribution in [1.29, 1.82) is 0 Å². The molecule has 0 bridgehead atoms. The number of primary sulfonamides is 1. The molecule has 8 nitrogen and oxygen atoms in total. The lowest BCUT2D eigenvalue weighted by Gasteiger charge is -2.11. The fraction of sp³-hybridized carbons (Fsp3) is 0.250. The first-order valence-electron chi connectivity index (χ1n) is 7.90. The van der Waals surface area contributed by atoms with Gasteiger partial charge in [0.25, 0.3) is 0 Å². The van der Waals surface area contributed by atoms with Crippen molar-refractivity contribution < 1.29 is 8.42 Å². The van der Waals surface area contributed by atoms with Gasteiger partial charge in [0.05, 0.1) is 10.4 Å². The highest BCUT2D eigenvalue weighted by Crippen LogP contribution is 2.29. The van der Waals surface area contributed by atoms with E-state index >= 15 is 0 Å². The van der Waals surface area contributed by atoms with Crippen LogP contribution in [0.2, 0.25) is 0 Å². The van der Waals surface area contributed by atoms with Crippen LogP contribution >= 0.6 is 0 Å². The molecule has 9 heteroatoms. The van der Waals surface area contributed by atoms with Crippen molar-refractivity contribution in [3.05, 3.63) is 36.5 Å². The van der Waals surface area contributed by atoms with Crippen molar-refractivity contribution in [2.45, 2.75) is 23.8 Å². The third-order valence-corrected chi connectivity index (χ3v) is 5.01. The summed E-state index contributed by atoms with van der Waals surface area (Å²) in [6, 6.07) is 8.56. The van der Waals surface area contributed by atoms with Crippen molar-refractivity contribution in [2.75, 3.05) is 10.6 Å². The zero-order valence-electron chi connectivity index (χ0n) is 13.6. The molecule has 2 aromatic heterocycles. The number of fused-ring (bicyclic) bond motifs is 1. The molecule has 1 saturated carbocycles. The van der Waals surface area contributed by atoms with Crippen molar-refractivity contribution >= 4 is 38.5 Å². The number of aryl methyl sites for hydroxylation is 1. The van der Waals surface area contributed by atoms with Gasteiger partial charge in [0.15, 0.2) is 5.82 Å². The molecule has 1 aliphatic rings. The second kappa shape index (κ2) is 5.71. The largest absolute Gasteiger partial charge is 0.365 e. The molecule has 0 spiro atoms. The van der Waals surface area contributed by atoms with Gasteiger partial charge in [0.1, 0.15) is 5.52 Å². The number of nitrogens with two attached hydrogens (primary N) is 1. The fourth-order valence-corrected chi connectivity index (χ4v) is 3.14. The number of rotatable bonds is 5. The maximum atomic E-state index is 11.3. The Kier molecular flexibility index (Phi) is 3.62. The zero-order valence-corrected chi connectivity index (χ0v) is 14.4. The van der Waals surface area contributed by atoms with E-state index in [0.717, 1.165) is 29.7 Å². The molecular formula is C16H18N6O2S.